The van der Waals surface area contributed by atoms with Crippen molar-refractivity contribution in [2.45, 2.75) is 70.7 Å². The Balaban J connectivity index is 1.26. The molecule has 1 aliphatic heterocycles. The molecule has 3 aromatic rings. The van der Waals surface area contributed by atoms with E-state index in [0.717, 1.165) is 31.2 Å². The molecule has 37 heavy (non-hydrogen) atoms. The number of ether oxygens (including phenoxy) is 1. The lowest BCUT2D eigenvalue weighted by molar-refractivity contribution is -0.133. The van der Waals surface area contributed by atoms with Crippen molar-refractivity contribution in [3.05, 3.63) is 53.1 Å². The number of amides is 1. The highest BCUT2D eigenvalue weighted by molar-refractivity contribution is 5.82. The second kappa shape index (κ2) is 10.7. The molecule has 2 aliphatic rings. The van der Waals surface area contributed by atoms with Gasteiger partial charge in [-0.05, 0) is 73.9 Å². The van der Waals surface area contributed by atoms with E-state index in [4.69, 9.17) is 9.15 Å². The smallest absolute Gasteiger partial charge is 0.300 e. The molecule has 2 aromatic carbocycles. The fourth-order valence-corrected chi connectivity index (χ4v) is 5.28. The van der Waals surface area contributed by atoms with Gasteiger partial charge in [-0.25, -0.2) is 13.2 Å². The molecular weight excluding hydrogens is 483 g/mol. The number of nitrogens with zero attached hydrogens (tertiary/aromatic N) is 2. The number of anilines is 2. The molecular formula is C28H32F3N3O3. The van der Waals surface area contributed by atoms with E-state index in [0.29, 0.717) is 23.8 Å². The molecule has 6 nitrogen and oxygen atoms in total. The van der Waals surface area contributed by atoms with Gasteiger partial charge in [0.2, 0.25) is 5.91 Å². The molecule has 198 valence electrons. The average molecular weight is 516 g/mol. The zero-order chi connectivity index (χ0) is 26.1. The minimum atomic E-state index is -1.10. The molecule has 2 atom stereocenters. The van der Waals surface area contributed by atoms with Crippen molar-refractivity contribution in [3.63, 3.8) is 0 Å². The quantitative estimate of drug-likeness (QED) is 0.404. The second-order valence-electron chi connectivity index (χ2n) is 10.5. The van der Waals surface area contributed by atoms with Crippen LogP contribution in [0.1, 0.15) is 50.2 Å². The molecule has 0 unspecified atom stereocenters. The Morgan fingerprint density at radius 1 is 1.19 bits per heavy atom. The largest absolute Gasteiger partial charge is 0.423 e. The van der Waals surface area contributed by atoms with Gasteiger partial charge in [-0.3, -0.25) is 4.79 Å². The van der Waals surface area contributed by atoms with Crippen molar-refractivity contribution in [2.75, 3.05) is 18.5 Å². The van der Waals surface area contributed by atoms with Crippen LogP contribution in [-0.4, -0.2) is 47.3 Å². The van der Waals surface area contributed by atoms with Gasteiger partial charge in [-0.1, -0.05) is 13.0 Å². The summed E-state index contributed by atoms with van der Waals surface area (Å²) < 4.78 is 54.5. The number of carbonyl (C=O) groups excluding carboxylic acids is 1. The average Bonchev–Trinajstić information content (AvgIpc) is 3.44. The molecule has 1 aromatic heterocycles. The Kier molecular flexibility index (Phi) is 7.42. The molecule has 1 saturated carbocycles. The number of aryl methyl sites for hydroxylation is 1. The highest BCUT2D eigenvalue weighted by atomic mass is 19.1. The number of nitrogens with one attached hydrogen (secondary N) is 1. The summed E-state index contributed by atoms with van der Waals surface area (Å²) in [5.74, 6) is -0.632. The minimum absolute atomic E-state index is 0.00540. The number of alkyl halides is 1. The Labute approximate surface area is 214 Å². The number of fused-ring (bicyclic) bond motifs is 1. The van der Waals surface area contributed by atoms with Crippen molar-refractivity contribution in [2.24, 2.45) is 5.92 Å². The summed E-state index contributed by atoms with van der Waals surface area (Å²) in [6.07, 6.45) is 3.45. The van der Waals surface area contributed by atoms with Crippen LogP contribution < -0.4 is 5.32 Å². The number of benzene rings is 2. The molecule has 2 heterocycles. The maximum atomic E-state index is 14.8. The first-order valence-electron chi connectivity index (χ1n) is 12.9. The first-order valence-corrected chi connectivity index (χ1v) is 12.9. The van der Waals surface area contributed by atoms with Crippen LogP contribution in [-0.2, 0) is 16.0 Å². The summed E-state index contributed by atoms with van der Waals surface area (Å²) in [6.45, 7) is 4.36. The van der Waals surface area contributed by atoms with E-state index in [1.807, 2.05) is 0 Å². The maximum Gasteiger partial charge on any atom is 0.300 e. The number of hydrogen-bond acceptors (Lipinski definition) is 5. The van der Waals surface area contributed by atoms with Crippen molar-refractivity contribution in [1.29, 1.82) is 0 Å². The minimum Gasteiger partial charge on any atom is -0.423 e. The fraction of sp³-hybridized carbons (Fsp3) is 0.500. The van der Waals surface area contributed by atoms with E-state index in [2.05, 4.69) is 17.2 Å². The number of oxazole rings is 1. The van der Waals surface area contributed by atoms with E-state index in [1.165, 1.54) is 23.1 Å². The van der Waals surface area contributed by atoms with E-state index < -0.39 is 17.8 Å². The van der Waals surface area contributed by atoms with Gasteiger partial charge in [0.1, 0.15) is 17.5 Å². The molecule has 0 radical (unpaired) electrons. The third-order valence-electron chi connectivity index (χ3n) is 7.48. The van der Waals surface area contributed by atoms with Gasteiger partial charge in [-0.15, -0.1) is 0 Å². The molecule has 2 fully saturated rings. The zero-order valence-corrected chi connectivity index (χ0v) is 21.1. The van der Waals surface area contributed by atoms with Crippen LogP contribution >= 0.6 is 0 Å². The summed E-state index contributed by atoms with van der Waals surface area (Å²) >= 11 is 0. The summed E-state index contributed by atoms with van der Waals surface area (Å²) in [5.41, 5.74) is 1.79. The topological polar surface area (TPSA) is 67.6 Å². The number of rotatable bonds is 7. The maximum absolute atomic E-state index is 14.8. The van der Waals surface area contributed by atoms with Gasteiger partial charge in [-0.2, -0.15) is 4.98 Å². The lowest BCUT2D eigenvalue weighted by Gasteiger charge is -2.30. The van der Waals surface area contributed by atoms with Crippen molar-refractivity contribution in [1.82, 2.24) is 9.88 Å². The monoisotopic (exact) mass is 515 g/mol. The Hall–Kier alpha value is -3.07. The summed E-state index contributed by atoms with van der Waals surface area (Å²) in [4.78, 5) is 18.8. The van der Waals surface area contributed by atoms with E-state index >= 15 is 0 Å². The molecule has 1 saturated heterocycles. The van der Waals surface area contributed by atoms with Gasteiger partial charge in [0.25, 0.3) is 6.01 Å². The Morgan fingerprint density at radius 2 is 1.97 bits per heavy atom. The molecule has 9 heteroatoms. The Morgan fingerprint density at radius 3 is 2.76 bits per heavy atom. The van der Waals surface area contributed by atoms with Crippen LogP contribution in [0.5, 0.6) is 0 Å². The number of halogens is 3. The van der Waals surface area contributed by atoms with Gasteiger partial charge < -0.3 is 19.4 Å². The molecule has 0 bridgehead atoms. The standard InChI is InChI=1S/C28H32F3N3O3/c1-16-3-7-22(8-4-16)36-15-21-12-20(30)14-34(21)26(35)11-18-9-23(31)27-25(10-18)37-28(33-27)32-24-13-19(29)6-5-17(24)2/h5-6,9-10,13,16,20-22H,3-4,7-8,11-12,14-15H2,1-2H3,(H,32,33)/t16?,20-,21-,22?/m0/s1. The lowest BCUT2D eigenvalue weighted by atomic mass is 9.89. The molecule has 1 amide bonds. The number of aromatic nitrogens is 1. The van der Waals surface area contributed by atoms with E-state index in [-0.39, 0.29) is 54.6 Å². The number of hydrogen-bond donors (Lipinski definition) is 1. The van der Waals surface area contributed by atoms with Crippen molar-refractivity contribution in [3.8, 4) is 0 Å². The molecule has 1 N–H and O–H groups in total. The molecule has 5 rings (SSSR count). The summed E-state index contributed by atoms with van der Waals surface area (Å²) in [6, 6.07) is 6.74. The molecule has 0 spiro atoms. The van der Waals surface area contributed by atoms with Gasteiger partial charge >= 0.3 is 0 Å². The highest BCUT2D eigenvalue weighted by Crippen LogP contribution is 2.30. The fourth-order valence-electron chi connectivity index (χ4n) is 5.28. The van der Waals surface area contributed by atoms with Crippen molar-refractivity contribution < 1.29 is 27.1 Å². The first-order chi connectivity index (χ1) is 17.7. The van der Waals surface area contributed by atoms with Crippen LogP contribution in [0.3, 0.4) is 0 Å². The number of carbonyl (C=O) groups is 1. The van der Waals surface area contributed by atoms with Gasteiger partial charge in [0, 0.05) is 12.1 Å². The Bertz CT molecular complexity index is 1270. The summed E-state index contributed by atoms with van der Waals surface area (Å²) in [5, 5.41) is 2.87. The van der Waals surface area contributed by atoms with Gasteiger partial charge in [0.15, 0.2) is 11.4 Å². The normalized spacial score (nSPS) is 24.1. The number of likely N-dealkylation sites (tertiary alicyclic amines) is 1. The van der Waals surface area contributed by atoms with Crippen LogP contribution in [0.4, 0.5) is 24.9 Å². The third kappa shape index (κ3) is 5.92. The van der Waals surface area contributed by atoms with Gasteiger partial charge in [0.05, 0.1) is 31.7 Å². The van der Waals surface area contributed by atoms with E-state index in [1.54, 1.807) is 19.1 Å². The predicted octanol–water partition coefficient (Wildman–Crippen LogP) is 6.23. The first kappa shape index (κ1) is 25.6. The SMILES string of the molecule is Cc1ccc(F)cc1Nc1nc2c(F)cc(CC(=O)N3C[C@@H](F)C[C@H]3COC3CCC(C)CC3)cc2o1. The summed E-state index contributed by atoms with van der Waals surface area (Å²) in [7, 11) is 0. The van der Waals surface area contributed by atoms with Crippen LogP contribution in [0.25, 0.3) is 11.1 Å². The van der Waals surface area contributed by atoms with Crippen LogP contribution in [0.2, 0.25) is 0 Å². The molecule has 1 aliphatic carbocycles. The predicted molar refractivity (Wildman–Crippen MR) is 134 cm³/mol. The van der Waals surface area contributed by atoms with Crippen molar-refractivity contribution >= 4 is 28.7 Å². The highest BCUT2D eigenvalue weighted by Gasteiger charge is 2.36. The second-order valence-corrected chi connectivity index (χ2v) is 10.5. The van der Waals surface area contributed by atoms with E-state index in [9.17, 15) is 18.0 Å². The van der Waals surface area contributed by atoms with Crippen LogP contribution in [0.15, 0.2) is 34.7 Å². The third-order valence-corrected chi connectivity index (χ3v) is 7.48. The zero-order valence-electron chi connectivity index (χ0n) is 21.1. The van der Waals surface area contributed by atoms with Crippen LogP contribution in [0, 0.1) is 24.5 Å². The lowest BCUT2D eigenvalue weighted by Crippen LogP contribution is -2.40.